The Morgan fingerprint density at radius 1 is 1.50 bits per heavy atom. The summed E-state index contributed by atoms with van der Waals surface area (Å²) in [5.74, 6) is 6.67. The predicted octanol–water partition coefficient (Wildman–Crippen LogP) is 2.98. The minimum absolute atomic E-state index is 0.531. The number of nitrogens with zero attached hydrogens (tertiary/aromatic N) is 2. The number of halogens is 1. The highest BCUT2D eigenvalue weighted by Gasteiger charge is 2.13. The van der Waals surface area contributed by atoms with E-state index in [1.165, 1.54) is 6.08 Å². The molecule has 0 spiro atoms. The molecule has 0 bridgehead atoms. The quantitative estimate of drug-likeness (QED) is 0.638. The molecule has 1 heterocycles. The highest BCUT2D eigenvalue weighted by Crippen LogP contribution is 2.13. The summed E-state index contributed by atoms with van der Waals surface area (Å²) in [6.45, 7) is 5.43. The topological polar surface area (TPSA) is 27.6 Å². The lowest BCUT2D eigenvalue weighted by atomic mass is 10.2. The van der Waals surface area contributed by atoms with E-state index in [0.29, 0.717) is 17.1 Å². The molecule has 22 heavy (non-hydrogen) atoms. The number of amidine groups is 1. The molecule has 4 heteroatoms. The first-order valence-corrected chi connectivity index (χ1v) is 6.97. The maximum absolute atomic E-state index is 12.5. The fourth-order valence-corrected chi connectivity index (χ4v) is 1.86. The van der Waals surface area contributed by atoms with Gasteiger partial charge in [0.05, 0.1) is 11.4 Å². The Morgan fingerprint density at radius 3 is 2.77 bits per heavy atom. The highest BCUT2D eigenvalue weighted by molar-refractivity contribution is 6.05. The van der Waals surface area contributed by atoms with Crippen molar-refractivity contribution in [1.29, 1.82) is 0 Å². The second kappa shape index (κ2) is 8.68. The molecule has 1 aliphatic heterocycles. The van der Waals surface area contributed by atoms with Crippen LogP contribution in [0.15, 0.2) is 64.5 Å². The molecule has 0 amide bonds. The van der Waals surface area contributed by atoms with Crippen LogP contribution in [-0.2, 0) is 0 Å². The van der Waals surface area contributed by atoms with Crippen LogP contribution in [0.3, 0.4) is 0 Å². The highest BCUT2D eigenvalue weighted by atomic mass is 19.1. The van der Waals surface area contributed by atoms with Gasteiger partial charge in [-0.15, -0.1) is 0 Å². The Hall–Kier alpha value is -2.54. The molecule has 0 fully saturated rings. The van der Waals surface area contributed by atoms with E-state index in [4.69, 9.17) is 0 Å². The summed E-state index contributed by atoms with van der Waals surface area (Å²) in [6.07, 6.45) is 9.10. The van der Waals surface area contributed by atoms with Crippen LogP contribution in [0.1, 0.15) is 6.92 Å². The van der Waals surface area contributed by atoms with Gasteiger partial charge in [-0.25, -0.2) is 4.39 Å². The summed E-state index contributed by atoms with van der Waals surface area (Å²) in [5, 5.41) is 3.06. The van der Waals surface area contributed by atoms with Crippen LogP contribution >= 0.6 is 0 Å². The number of hydrogen-bond donors (Lipinski definition) is 1. The van der Waals surface area contributed by atoms with Crippen molar-refractivity contribution >= 4 is 5.84 Å². The molecule has 0 radical (unpaired) electrons. The Bertz CT molecular complexity index is 635. The smallest absolute Gasteiger partial charge is 0.132 e. The van der Waals surface area contributed by atoms with E-state index in [9.17, 15) is 4.39 Å². The Morgan fingerprint density at radius 2 is 2.23 bits per heavy atom. The second-order valence-corrected chi connectivity index (χ2v) is 4.77. The van der Waals surface area contributed by atoms with Crippen LogP contribution in [0.2, 0.25) is 0 Å². The number of nitrogens with one attached hydrogen (secondary N) is 1. The zero-order chi connectivity index (χ0) is 16.5. The van der Waals surface area contributed by atoms with Crippen molar-refractivity contribution < 1.29 is 4.39 Å². The largest absolute Gasteiger partial charge is 0.377 e. The van der Waals surface area contributed by atoms with Gasteiger partial charge in [0.25, 0.3) is 0 Å². The van der Waals surface area contributed by atoms with Gasteiger partial charge in [-0.3, -0.25) is 4.99 Å². The fraction of sp³-hybridized carbons (Fsp3) is 0.278. The molecule has 0 aromatic carbocycles. The maximum Gasteiger partial charge on any atom is 0.132 e. The predicted molar refractivity (Wildman–Crippen MR) is 92.1 cm³/mol. The van der Waals surface area contributed by atoms with E-state index in [2.05, 4.69) is 28.7 Å². The monoisotopic (exact) mass is 299 g/mol. The molecule has 1 aliphatic rings. The minimum Gasteiger partial charge on any atom is -0.377 e. The molecule has 0 unspecified atom stereocenters. The first-order chi connectivity index (χ1) is 10.5. The number of hydrogen-bond acceptors (Lipinski definition) is 2. The molecular formula is C18H22FN3. The molecular weight excluding hydrogens is 277 g/mol. The van der Waals surface area contributed by atoms with E-state index in [1.807, 2.05) is 44.1 Å². The molecule has 0 saturated heterocycles. The number of aliphatic imine (C=N–C) groups is 1. The Labute approximate surface area is 132 Å². The maximum atomic E-state index is 12.5. The average Bonchev–Trinajstić information content (AvgIpc) is 2.88. The van der Waals surface area contributed by atoms with Crippen LogP contribution in [0.4, 0.5) is 4.39 Å². The van der Waals surface area contributed by atoms with Gasteiger partial charge in [-0.1, -0.05) is 24.7 Å². The van der Waals surface area contributed by atoms with Crippen LogP contribution < -0.4 is 5.32 Å². The number of likely N-dealkylation sites (N-methyl/N-ethyl adjacent to an activating group) is 1. The van der Waals surface area contributed by atoms with Gasteiger partial charge in [0, 0.05) is 32.3 Å². The first-order valence-electron chi connectivity index (χ1n) is 6.97. The number of rotatable bonds is 4. The summed E-state index contributed by atoms with van der Waals surface area (Å²) in [7, 11) is 5.54. The van der Waals surface area contributed by atoms with Gasteiger partial charge in [-0.05, 0) is 31.1 Å². The molecule has 3 nitrogen and oxygen atoms in total. The molecule has 116 valence electrons. The SMILES string of the molecule is C=C(C#CC1=C/C(=C/CF)C(=NC)N1)/C(=C\C=C/C)N(C)C. The van der Waals surface area contributed by atoms with Gasteiger partial charge in [0.15, 0.2) is 0 Å². The third-order valence-electron chi connectivity index (χ3n) is 2.93. The lowest BCUT2D eigenvalue weighted by Crippen LogP contribution is -2.16. The lowest BCUT2D eigenvalue weighted by molar-refractivity contribution is 0.526. The van der Waals surface area contributed by atoms with Gasteiger partial charge < -0.3 is 10.2 Å². The van der Waals surface area contributed by atoms with E-state index in [-0.39, 0.29) is 0 Å². The van der Waals surface area contributed by atoms with Crippen molar-refractivity contribution in [3.63, 3.8) is 0 Å². The molecule has 0 aromatic heterocycles. The molecule has 1 rings (SSSR count). The number of alkyl halides is 1. The normalized spacial score (nSPS) is 18.2. The van der Waals surface area contributed by atoms with Crippen molar-refractivity contribution in [3.05, 3.63) is 59.5 Å². The van der Waals surface area contributed by atoms with Gasteiger partial charge in [0.1, 0.15) is 12.5 Å². The third kappa shape index (κ3) is 4.78. The van der Waals surface area contributed by atoms with E-state index >= 15 is 0 Å². The van der Waals surface area contributed by atoms with Crippen molar-refractivity contribution in [1.82, 2.24) is 10.2 Å². The lowest BCUT2D eigenvalue weighted by Gasteiger charge is -2.15. The van der Waals surface area contributed by atoms with Gasteiger partial charge in [0.2, 0.25) is 0 Å². The first kappa shape index (κ1) is 17.5. The van der Waals surface area contributed by atoms with Crippen LogP contribution in [0.25, 0.3) is 0 Å². The molecule has 1 N–H and O–H groups in total. The summed E-state index contributed by atoms with van der Waals surface area (Å²) < 4.78 is 12.5. The van der Waals surface area contributed by atoms with Crippen molar-refractivity contribution in [3.8, 4) is 11.8 Å². The van der Waals surface area contributed by atoms with Crippen LogP contribution in [0.5, 0.6) is 0 Å². The molecule has 0 saturated carbocycles. The van der Waals surface area contributed by atoms with E-state index in [1.54, 1.807) is 13.1 Å². The molecule has 0 aliphatic carbocycles. The molecule has 0 atom stereocenters. The number of allylic oxidation sites excluding steroid dienone is 6. The Kier molecular flexibility index (Phi) is 6.91. The molecule has 0 aromatic rings. The summed E-state index contributed by atoms with van der Waals surface area (Å²) in [4.78, 5) is 6.03. The van der Waals surface area contributed by atoms with E-state index < -0.39 is 6.67 Å². The third-order valence-corrected chi connectivity index (χ3v) is 2.93. The van der Waals surface area contributed by atoms with Gasteiger partial charge >= 0.3 is 0 Å². The standard InChI is InChI=1S/C18H22FN3/c1-6-7-8-17(22(4)5)14(2)9-10-16-13-15(11-12-19)18(20-3)21-16/h6-8,11,13H,2,12H2,1,3-5H3,(H,20,21)/b7-6-,15-11-,17-8+. The minimum atomic E-state index is -0.531. The zero-order valence-corrected chi connectivity index (χ0v) is 13.6. The van der Waals surface area contributed by atoms with Crippen molar-refractivity contribution in [2.75, 3.05) is 27.8 Å². The Balaban J connectivity index is 2.97. The van der Waals surface area contributed by atoms with Crippen LogP contribution in [-0.4, -0.2) is 38.6 Å². The second-order valence-electron chi connectivity index (χ2n) is 4.77. The fourth-order valence-electron chi connectivity index (χ4n) is 1.86. The summed E-state index contributed by atoms with van der Waals surface area (Å²) >= 11 is 0. The zero-order valence-electron chi connectivity index (χ0n) is 13.6. The summed E-state index contributed by atoms with van der Waals surface area (Å²) in [6, 6.07) is 0. The van der Waals surface area contributed by atoms with Crippen molar-refractivity contribution in [2.45, 2.75) is 6.92 Å². The van der Waals surface area contributed by atoms with Gasteiger partial charge in [-0.2, -0.15) is 0 Å². The average molecular weight is 299 g/mol. The van der Waals surface area contributed by atoms with E-state index in [0.717, 1.165) is 11.3 Å². The summed E-state index contributed by atoms with van der Waals surface area (Å²) in [5.41, 5.74) is 3.06. The van der Waals surface area contributed by atoms with Crippen LogP contribution in [0, 0.1) is 11.8 Å². The van der Waals surface area contributed by atoms with Crippen molar-refractivity contribution in [2.24, 2.45) is 4.99 Å².